The van der Waals surface area contributed by atoms with Crippen LogP contribution in [-0.2, 0) is 11.2 Å². The van der Waals surface area contributed by atoms with Crippen LogP contribution in [0.2, 0.25) is 0 Å². The van der Waals surface area contributed by atoms with Crippen LogP contribution in [0.15, 0.2) is 24.3 Å². The van der Waals surface area contributed by atoms with Crippen molar-refractivity contribution < 1.29 is 24.5 Å². The van der Waals surface area contributed by atoms with Crippen molar-refractivity contribution in [1.82, 2.24) is 10.6 Å². The van der Waals surface area contributed by atoms with E-state index in [0.717, 1.165) is 11.3 Å². The average Bonchev–Trinajstić information content (AvgIpc) is 2.85. The lowest BCUT2D eigenvalue weighted by Gasteiger charge is -2.15. The van der Waals surface area contributed by atoms with Crippen LogP contribution in [-0.4, -0.2) is 47.5 Å². The van der Waals surface area contributed by atoms with Crippen molar-refractivity contribution in [2.45, 2.75) is 18.6 Å². The summed E-state index contributed by atoms with van der Waals surface area (Å²) >= 11 is 0. The fourth-order valence-electron chi connectivity index (χ4n) is 1.97. The van der Waals surface area contributed by atoms with Crippen molar-refractivity contribution >= 4 is 12.0 Å². The van der Waals surface area contributed by atoms with E-state index in [0.29, 0.717) is 6.42 Å². The molecular weight excluding hydrogens is 264 g/mol. The van der Waals surface area contributed by atoms with Gasteiger partial charge in [-0.2, -0.15) is 0 Å². The molecule has 2 atom stereocenters. The second-order valence-corrected chi connectivity index (χ2v) is 4.48. The number of carbonyl (C=O) groups excluding carboxylic acids is 1. The number of aliphatic carboxylic acids is 1. The first-order chi connectivity index (χ1) is 9.60. The fraction of sp³-hybridized carbons (Fsp3) is 0.385. The van der Waals surface area contributed by atoms with Gasteiger partial charge in [-0.25, -0.2) is 9.59 Å². The lowest BCUT2D eigenvalue weighted by atomic mass is 10.1. The molecule has 2 amide bonds. The number of carboxylic acids is 1. The van der Waals surface area contributed by atoms with Gasteiger partial charge in [0.25, 0.3) is 0 Å². The number of amides is 2. The van der Waals surface area contributed by atoms with E-state index in [2.05, 4.69) is 10.6 Å². The number of carboxylic acid groups (broad SMARTS) is 1. The summed E-state index contributed by atoms with van der Waals surface area (Å²) in [7, 11) is 0. The summed E-state index contributed by atoms with van der Waals surface area (Å²) in [6.45, 7) is -0.396. The van der Waals surface area contributed by atoms with Crippen LogP contribution in [0.3, 0.4) is 0 Å². The second-order valence-electron chi connectivity index (χ2n) is 4.48. The van der Waals surface area contributed by atoms with E-state index in [1.165, 1.54) is 0 Å². The van der Waals surface area contributed by atoms with E-state index < -0.39 is 24.6 Å². The lowest BCUT2D eigenvalue weighted by Crippen LogP contribution is -2.49. The Morgan fingerprint density at radius 1 is 1.40 bits per heavy atom. The van der Waals surface area contributed by atoms with E-state index in [-0.39, 0.29) is 12.6 Å². The van der Waals surface area contributed by atoms with Gasteiger partial charge in [-0.3, -0.25) is 0 Å². The molecule has 0 saturated heterocycles. The van der Waals surface area contributed by atoms with Crippen LogP contribution in [0.1, 0.15) is 5.56 Å². The van der Waals surface area contributed by atoms with Crippen LogP contribution in [0.25, 0.3) is 0 Å². The van der Waals surface area contributed by atoms with Crippen LogP contribution >= 0.6 is 0 Å². The molecule has 0 aliphatic carbocycles. The van der Waals surface area contributed by atoms with Gasteiger partial charge in [0.1, 0.15) is 11.9 Å². The molecule has 1 aliphatic rings. The minimum atomic E-state index is -1.31. The Labute approximate surface area is 115 Å². The van der Waals surface area contributed by atoms with Crippen molar-refractivity contribution in [3.63, 3.8) is 0 Å². The molecule has 1 heterocycles. The van der Waals surface area contributed by atoms with E-state index in [9.17, 15) is 9.59 Å². The van der Waals surface area contributed by atoms with Gasteiger partial charge < -0.3 is 25.6 Å². The fourth-order valence-corrected chi connectivity index (χ4v) is 1.97. The molecule has 1 aromatic rings. The minimum absolute atomic E-state index is 0.171. The summed E-state index contributed by atoms with van der Waals surface area (Å²) in [5, 5.41) is 22.2. The number of carbonyl (C=O) groups is 2. The number of hydrogen-bond donors (Lipinski definition) is 4. The van der Waals surface area contributed by atoms with Gasteiger partial charge in [-0.05, 0) is 11.6 Å². The number of rotatable bonds is 5. The molecule has 0 fully saturated rings. The summed E-state index contributed by atoms with van der Waals surface area (Å²) in [4.78, 5) is 22.1. The number of aliphatic hydroxyl groups is 1. The monoisotopic (exact) mass is 280 g/mol. The number of aliphatic hydroxyl groups excluding tert-OH is 1. The Balaban J connectivity index is 1.77. The first-order valence-corrected chi connectivity index (χ1v) is 6.22. The molecule has 108 valence electrons. The molecule has 1 aromatic carbocycles. The van der Waals surface area contributed by atoms with E-state index >= 15 is 0 Å². The van der Waals surface area contributed by atoms with Crippen molar-refractivity contribution in [3.05, 3.63) is 29.8 Å². The Kier molecular flexibility index (Phi) is 4.41. The van der Waals surface area contributed by atoms with Crippen molar-refractivity contribution in [2.24, 2.45) is 0 Å². The van der Waals surface area contributed by atoms with Crippen molar-refractivity contribution in [2.75, 3.05) is 13.2 Å². The summed E-state index contributed by atoms with van der Waals surface area (Å²) in [6.07, 6.45) is 0.522. The summed E-state index contributed by atoms with van der Waals surface area (Å²) in [5.41, 5.74) is 1.08. The quantitative estimate of drug-likeness (QED) is 0.594. The molecule has 0 spiro atoms. The Hall–Kier alpha value is -2.28. The zero-order valence-electron chi connectivity index (χ0n) is 10.7. The SMILES string of the molecule is O=C(NCC1Cc2ccccc2O1)N[C@@H](CO)C(=O)O. The molecule has 0 aromatic heterocycles. The first-order valence-electron chi connectivity index (χ1n) is 6.22. The number of ether oxygens (including phenoxy) is 1. The highest BCUT2D eigenvalue weighted by Crippen LogP contribution is 2.27. The van der Waals surface area contributed by atoms with Gasteiger partial charge in [-0.1, -0.05) is 18.2 Å². The third-order valence-corrected chi connectivity index (χ3v) is 2.99. The highest BCUT2D eigenvalue weighted by atomic mass is 16.5. The predicted octanol–water partition coefficient (Wildman–Crippen LogP) is -0.265. The summed E-state index contributed by atoms with van der Waals surface area (Å²) in [6, 6.07) is 5.66. The number of fused-ring (bicyclic) bond motifs is 1. The minimum Gasteiger partial charge on any atom is -0.488 e. The smallest absolute Gasteiger partial charge is 0.328 e. The number of para-hydroxylation sites is 1. The van der Waals surface area contributed by atoms with E-state index in [4.69, 9.17) is 14.9 Å². The summed E-state index contributed by atoms with van der Waals surface area (Å²) < 4.78 is 5.63. The zero-order valence-corrected chi connectivity index (χ0v) is 10.7. The molecule has 20 heavy (non-hydrogen) atoms. The third kappa shape index (κ3) is 3.39. The maximum atomic E-state index is 11.5. The highest BCUT2D eigenvalue weighted by molar-refractivity contribution is 5.82. The van der Waals surface area contributed by atoms with E-state index in [1.807, 2.05) is 24.3 Å². The van der Waals surface area contributed by atoms with Crippen molar-refractivity contribution in [3.8, 4) is 5.75 Å². The van der Waals surface area contributed by atoms with Gasteiger partial charge >= 0.3 is 12.0 Å². The van der Waals surface area contributed by atoms with Gasteiger partial charge in [0.15, 0.2) is 6.04 Å². The first kappa shape index (κ1) is 14.1. The summed E-state index contributed by atoms with van der Waals surface area (Å²) in [5.74, 6) is -0.481. The normalized spacial score (nSPS) is 17.8. The van der Waals surface area contributed by atoms with Gasteiger partial charge in [0.2, 0.25) is 0 Å². The molecule has 4 N–H and O–H groups in total. The molecule has 7 nitrogen and oxygen atoms in total. The van der Waals surface area contributed by atoms with Crippen LogP contribution in [0, 0.1) is 0 Å². The van der Waals surface area contributed by atoms with Gasteiger partial charge in [0.05, 0.1) is 13.2 Å². The van der Waals surface area contributed by atoms with Crippen LogP contribution in [0.4, 0.5) is 4.79 Å². The average molecular weight is 280 g/mol. The Morgan fingerprint density at radius 2 is 2.15 bits per heavy atom. The molecule has 7 heteroatoms. The van der Waals surface area contributed by atoms with E-state index in [1.54, 1.807) is 0 Å². The van der Waals surface area contributed by atoms with Gasteiger partial charge in [0, 0.05) is 6.42 Å². The van der Waals surface area contributed by atoms with Crippen molar-refractivity contribution in [1.29, 1.82) is 0 Å². The molecule has 0 saturated carbocycles. The Morgan fingerprint density at radius 3 is 2.80 bits per heavy atom. The maximum Gasteiger partial charge on any atom is 0.328 e. The molecular formula is C13H16N2O5. The maximum absolute atomic E-state index is 11.5. The number of hydrogen-bond acceptors (Lipinski definition) is 4. The zero-order chi connectivity index (χ0) is 14.5. The highest BCUT2D eigenvalue weighted by Gasteiger charge is 2.24. The molecule has 2 rings (SSSR count). The topological polar surface area (TPSA) is 108 Å². The number of benzene rings is 1. The standard InChI is InChI=1S/C13H16N2O5/c16-7-10(12(17)18)15-13(19)14-6-9-5-8-3-1-2-4-11(8)20-9/h1-4,9-10,16H,5-7H2,(H,17,18)(H2,14,15,19)/t9?,10-/m0/s1. The molecule has 1 unspecified atom stereocenters. The number of nitrogens with one attached hydrogen (secondary N) is 2. The Bertz CT molecular complexity index is 480. The largest absolute Gasteiger partial charge is 0.488 e. The van der Waals surface area contributed by atoms with Crippen LogP contribution in [0.5, 0.6) is 5.75 Å². The molecule has 0 radical (unpaired) electrons. The molecule has 1 aliphatic heterocycles. The lowest BCUT2D eigenvalue weighted by molar-refractivity contribution is -0.140. The third-order valence-electron chi connectivity index (χ3n) is 2.99. The number of urea groups is 1. The molecule has 0 bridgehead atoms. The van der Waals surface area contributed by atoms with Gasteiger partial charge in [-0.15, -0.1) is 0 Å². The second kappa shape index (κ2) is 6.25. The van der Waals surface area contributed by atoms with Crippen LogP contribution < -0.4 is 15.4 Å². The predicted molar refractivity (Wildman–Crippen MR) is 69.6 cm³/mol.